The Labute approximate surface area is 137 Å². The zero-order valence-electron chi connectivity index (χ0n) is 13.8. The van der Waals surface area contributed by atoms with E-state index >= 15 is 0 Å². The first-order chi connectivity index (χ1) is 11.2. The van der Waals surface area contributed by atoms with Crippen molar-refractivity contribution in [1.29, 1.82) is 0 Å². The van der Waals surface area contributed by atoms with E-state index in [9.17, 15) is 4.79 Å². The number of carbonyl (C=O) groups excluding carboxylic acids is 1. The molecule has 1 aliphatic heterocycles. The van der Waals surface area contributed by atoms with Crippen LogP contribution in [0.5, 0.6) is 0 Å². The van der Waals surface area contributed by atoms with Crippen LogP contribution in [0.4, 0.5) is 0 Å². The Morgan fingerprint density at radius 1 is 1.39 bits per heavy atom. The van der Waals surface area contributed by atoms with Crippen LogP contribution < -0.4 is 5.32 Å². The van der Waals surface area contributed by atoms with E-state index in [1.54, 1.807) is 0 Å². The Kier molecular flexibility index (Phi) is 5.28. The normalized spacial score (nSPS) is 19.1. The third-order valence-corrected chi connectivity index (χ3v) is 4.69. The number of nitrogens with zero attached hydrogens (tertiary/aromatic N) is 2. The van der Waals surface area contributed by atoms with Gasteiger partial charge in [-0.2, -0.15) is 0 Å². The van der Waals surface area contributed by atoms with Crippen molar-refractivity contribution in [3.8, 4) is 0 Å². The first-order valence-electron chi connectivity index (χ1n) is 8.67. The first-order valence-corrected chi connectivity index (χ1v) is 8.67. The third kappa shape index (κ3) is 4.32. The van der Waals surface area contributed by atoms with E-state index in [1.807, 2.05) is 24.3 Å². The molecule has 1 aromatic carbocycles. The van der Waals surface area contributed by atoms with Gasteiger partial charge in [0.1, 0.15) is 5.82 Å². The molecule has 124 valence electrons. The van der Waals surface area contributed by atoms with E-state index < -0.39 is 0 Å². The molecular formula is C18H26N4O. The van der Waals surface area contributed by atoms with Crippen LogP contribution in [0.1, 0.15) is 38.4 Å². The van der Waals surface area contributed by atoms with Gasteiger partial charge in [0.05, 0.1) is 11.0 Å². The number of aromatic amines is 1. The molecule has 2 heterocycles. The van der Waals surface area contributed by atoms with E-state index in [4.69, 9.17) is 0 Å². The number of rotatable bonds is 6. The monoisotopic (exact) mass is 314 g/mol. The fourth-order valence-corrected chi connectivity index (χ4v) is 3.27. The molecule has 1 fully saturated rings. The molecule has 5 nitrogen and oxygen atoms in total. The van der Waals surface area contributed by atoms with Crippen molar-refractivity contribution in [3.05, 3.63) is 30.1 Å². The molecule has 0 unspecified atom stereocenters. The summed E-state index contributed by atoms with van der Waals surface area (Å²) >= 11 is 0. The van der Waals surface area contributed by atoms with E-state index in [0.29, 0.717) is 18.9 Å². The maximum Gasteiger partial charge on any atom is 0.220 e. The number of aryl methyl sites for hydroxylation is 1. The lowest BCUT2D eigenvalue weighted by molar-refractivity contribution is -0.121. The van der Waals surface area contributed by atoms with Crippen molar-refractivity contribution in [2.24, 2.45) is 0 Å². The highest BCUT2D eigenvalue weighted by Gasteiger charge is 2.17. The van der Waals surface area contributed by atoms with Gasteiger partial charge >= 0.3 is 0 Å². The van der Waals surface area contributed by atoms with Crippen LogP contribution >= 0.6 is 0 Å². The molecule has 5 heteroatoms. The molecule has 0 aliphatic carbocycles. The van der Waals surface area contributed by atoms with E-state index in [-0.39, 0.29) is 5.91 Å². The van der Waals surface area contributed by atoms with Crippen molar-refractivity contribution in [3.63, 3.8) is 0 Å². The number of imidazole rings is 1. The Morgan fingerprint density at radius 2 is 2.26 bits per heavy atom. The quantitative estimate of drug-likeness (QED) is 0.861. The molecule has 23 heavy (non-hydrogen) atoms. The molecule has 0 saturated carbocycles. The molecule has 3 rings (SSSR count). The van der Waals surface area contributed by atoms with Crippen molar-refractivity contribution in [2.45, 2.75) is 45.1 Å². The van der Waals surface area contributed by atoms with Gasteiger partial charge in [-0.05, 0) is 38.4 Å². The second-order valence-electron chi connectivity index (χ2n) is 6.43. The van der Waals surface area contributed by atoms with Crippen LogP contribution in [-0.4, -0.2) is 46.5 Å². The number of hydrogen-bond donors (Lipinski definition) is 2. The van der Waals surface area contributed by atoms with Crippen molar-refractivity contribution < 1.29 is 4.79 Å². The second kappa shape index (κ2) is 7.59. The number of fused-ring (bicyclic) bond motifs is 1. The van der Waals surface area contributed by atoms with E-state index in [1.165, 1.54) is 19.3 Å². The van der Waals surface area contributed by atoms with Gasteiger partial charge in [-0.1, -0.05) is 18.6 Å². The Hall–Kier alpha value is -1.88. The smallest absolute Gasteiger partial charge is 0.220 e. The predicted octanol–water partition coefficient (Wildman–Crippen LogP) is 2.49. The van der Waals surface area contributed by atoms with Crippen molar-refractivity contribution in [1.82, 2.24) is 20.2 Å². The Morgan fingerprint density at radius 3 is 3.09 bits per heavy atom. The second-order valence-corrected chi connectivity index (χ2v) is 6.43. The average molecular weight is 314 g/mol. The molecular weight excluding hydrogens is 288 g/mol. The van der Waals surface area contributed by atoms with Crippen LogP contribution in [0.15, 0.2) is 24.3 Å². The molecule has 1 aliphatic rings. The van der Waals surface area contributed by atoms with Gasteiger partial charge < -0.3 is 10.3 Å². The summed E-state index contributed by atoms with van der Waals surface area (Å²) < 4.78 is 0. The number of para-hydroxylation sites is 2. The average Bonchev–Trinajstić information content (AvgIpc) is 2.98. The standard InChI is InChI=1S/C18H26N4O/c1-14-6-4-5-12-22(14)13-11-19-18(23)10-9-17-20-15-7-2-3-8-16(15)21-17/h2-3,7-8,14H,4-6,9-13H2,1H3,(H,19,23)(H,20,21)/t14-/m0/s1. The molecule has 1 saturated heterocycles. The maximum atomic E-state index is 12.0. The molecule has 1 atom stereocenters. The van der Waals surface area contributed by atoms with Crippen LogP contribution in [0.2, 0.25) is 0 Å². The summed E-state index contributed by atoms with van der Waals surface area (Å²) in [5.41, 5.74) is 1.99. The number of nitrogens with one attached hydrogen (secondary N) is 2. The molecule has 0 radical (unpaired) electrons. The van der Waals surface area contributed by atoms with Crippen molar-refractivity contribution >= 4 is 16.9 Å². The van der Waals surface area contributed by atoms with Gasteiger partial charge in [0.25, 0.3) is 0 Å². The number of amides is 1. The SMILES string of the molecule is C[C@H]1CCCCN1CCNC(=O)CCc1nc2ccccc2[nH]1. The summed E-state index contributed by atoms with van der Waals surface area (Å²) in [4.78, 5) is 22.2. The number of H-pyrrole nitrogens is 1. The number of likely N-dealkylation sites (tertiary alicyclic amines) is 1. The summed E-state index contributed by atoms with van der Waals surface area (Å²) in [6, 6.07) is 8.59. The highest BCUT2D eigenvalue weighted by molar-refractivity contribution is 5.77. The van der Waals surface area contributed by atoms with Crippen LogP contribution in [-0.2, 0) is 11.2 Å². The molecule has 2 aromatic rings. The molecule has 0 spiro atoms. The topological polar surface area (TPSA) is 61.0 Å². The zero-order valence-corrected chi connectivity index (χ0v) is 13.8. The summed E-state index contributed by atoms with van der Waals surface area (Å²) in [6.07, 6.45) is 5.03. The fraction of sp³-hybridized carbons (Fsp3) is 0.556. The maximum absolute atomic E-state index is 12.0. The highest BCUT2D eigenvalue weighted by Crippen LogP contribution is 2.15. The van der Waals surface area contributed by atoms with Crippen LogP contribution in [0.3, 0.4) is 0 Å². The van der Waals surface area contributed by atoms with Crippen LogP contribution in [0.25, 0.3) is 11.0 Å². The molecule has 2 N–H and O–H groups in total. The summed E-state index contributed by atoms with van der Waals surface area (Å²) in [6.45, 7) is 5.14. The number of piperidine rings is 1. The van der Waals surface area contributed by atoms with E-state index in [0.717, 1.165) is 36.5 Å². The third-order valence-electron chi connectivity index (χ3n) is 4.69. The van der Waals surface area contributed by atoms with Crippen LogP contribution in [0, 0.1) is 0 Å². The molecule has 0 bridgehead atoms. The van der Waals surface area contributed by atoms with E-state index in [2.05, 4.69) is 27.1 Å². The lowest BCUT2D eigenvalue weighted by Crippen LogP contribution is -2.42. The van der Waals surface area contributed by atoms with Gasteiger partial charge in [0.15, 0.2) is 0 Å². The predicted molar refractivity (Wildman–Crippen MR) is 92.3 cm³/mol. The Balaban J connectivity index is 1.39. The minimum absolute atomic E-state index is 0.107. The summed E-state index contributed by atoms with van der Waals surface area (Å²) in [7, 11) is 0. The van der Waals surface area contributed by atoms with Gasteiger partial charge in [0, 0.05) is 32.0 Å². The number of hydrogen-bond acceptors (Lipinski definition) is 3. The number of aromatic nitrogens is 2. The minimum Gasteiger partial charge on any atom is -0.355 e. The minimum atomic E-state index is 0.107. The number of benzene rings is 1. The van der Waals surface area contributed by atoms with Gasteiger partial charge in [0.2, 0.25) is 5.91 Å². The van der Waals surface area contributed by atoms with Gasteiger partial charge in [-0.15, -0.1) is 0 Å². The lowest BCUT2D eigenvalue weighted by atomic mass is 10.0. The Bertz CT molecular complexity index is 618. The van der Waals surface area contributed by atoms with Crippen molar-refractivity contribution in [2.75, 3.05) is 19.6 Å². The highest BCUT2D eigenvalue weighted by atomic mass is 16.1. The summed E-state index contributed by atoms with van der Waals surface area (Å²) in [5, 5.41) is 3.03. The number of carbonyl (C=O) groups is 1. The largest absolute Gasteiger partial charge is 0.355 e. The fourth-order valence-electron chi connectivity index (χ4n) is 3.27. The van der Waals surface area contributed by atoms with Gasteiger partial charge in [-0.3, -0.25) is 9.69 Å². The van der Waals surface area contributed by atoms with Gasteiger partial charge in [-0.25, -0.2) is 4.98 Å². The molecule has 1 aromatic heterocycles. The lowest BCUT2D eigenvalue weighted by Gasteiger charge is -2.33. The first kappa shape index (κ1) is 16.0. The molecule has 1 amide bonds. The zero-order chi connectivity index (χ0) is 16.1. The summed E-state index contributed by atoms with van der Waals surface area (Å²) in [5.74, 6) is 0.987.